The third kappa shape index (κ3) is 7.30. The van der Waals surface area contributed by atoms with Crippen molar-refractivity contribution in [3.63, 3.8) is 0 Å². The van der Waals surface area contributed by atoms with E-state index in [2.05, 4.69) is 15.4 Å². The number of carbonyl (C=O) groups is 4. The summed E-state index contributed by atoms with van der Waals surface area (Å²) in [4.78, 5) is 52.6. The molecule has 4 rings (SSSR count). The van der Waals surface area contributed by atoms with Crippen molar-refractivity contribution < 1.29 is 46.9 Å². The Morgan fingerprint density at radius 2 is 1.65 bits per heavy atom. The number of anilines is 2. The molecule has 15 heteroatoms. The summed E-state index contributed by atoms with van der Waals surface area (Å²) in [5.74, 6) is -3.01. The molecule has 3 atom stereocenters. The van der Waals surface area contributed by atoms with Gasteiger partial charge in [-0.25, -0.2) is 13.2 Å². The average Bonchev–Trinajstić information content (AvgIpc) is 3.52. The van der Waals surface area contributed by atoms with Crippen molar-refractivity contribution in [2.45, 2.75) is 42.5 Å². The number of nitrogens with zero attached hydrogens (tertiary/aromatic N) is 1. The van der Waals surface area contributed by atoms with Crippen LogP contribution in [0.3, 0.4) is 0 Å². The lowest BCUT2D eigenvalue weighted by molar-refractivity contribution is -0.143. The van der Waals surface area contributed by atoms with Crippen LogP contribution >= 0.6 is 0 Å². The minimum absolute atomic E-state index is 0.0113. The molecule has 14 nitrogen and oxygen atoms in total. The van der Waals surface area contributed by atoms with Crippen molar-refractivity contribution in [2.75, 3.05) is 38.5 Å². The monoisotopic (exact) mass is 682 g/mol. The van der Waals surface area contributed by atoms with Crippen LogP contribution in [0.4, 0.5) is 16.2 Å². The fraction of sp³-hybridized carbons (Fsp3) is 0.333. The first-order valence-corrected chi connectivity index (χ1v) is 16.4. The summed E-state index contributed by atoms with van der Waals surface area (Å²) in [6, 6.07) is 12.6. The lowest BCUT2D eigenvalue weighted by Gasteiger charge is -2.33. The SMILES string of the molecule is COC(=O)Nc1ccc(S(=O)(=O)C(C)C)c([C@H]2[C@@H](C(=O)O)CCN2C(=O)[C@H](Nc2cccc(C(N)=O)c2)c2ccc(OC)c(OC)c2)c1. The second-order valence-electron chi connectivity index (χ2n) is 11.3. The Labute approximate surface area is 278 Å². The zero-order chi connectivity index (χ0) is 35.3. The number of carbonyl (C=O) groups excluding carboxylic acids is 3. The van der Waals surface area contributed by atoms with Gasteiger partial charge in [-0.2, -0.15) is 0 Å². The number of primary amides is 1. The number of amides is 3. The fourth-order valence-electron chi connectivity index (χ4n) is 5.64. The first kappa shape index (κ1) is 35.5. The summed E-state index contributed by atoms with van der Waals surface area (Å²) in [5.41, 5.74) is 6.60. The summed E-state index contributed by atoms with van der Waals surface area (Å²) >= 11 is 0. The molecular weight excluding hydrogens is 644 g/mol. The number of sulfone groups is 1. The first-order chi connectivity index (χ1) is 22.7. The number of aliphatic carboxylic acids is 1. The normalized spacial score (nSPS) is 16.6. The molecule has 1 fully saturated rings. The van der Waals surface area contributed by atoms with E-state index in [9.17, 15) is 32.7 Å². The van der Waals surface area contributed by atoms with E-state index < -0.39 is 57.0 Å². The zero-order valence-electron chi connectivity index (χ0n) is 27.1. The highest BCUT2D eigenvalue weighted by Gasteiger charge is 2.46. The van der Waals surface area contributed by atoms with Crippen LogP contribution in [0.25, 0.3) is 0 Å². The number of methoxy groups -OCH3 is 3. The molecule has 0 saturated carbocycles. The molecule has 3 amide bonds. The Kier molecular flexibility index (Phi) is 10.8. The summed E-state index contributed by atoms with van der Waals surface area (Å²) < 4.78 is 42.8. The smallest absolute Gasteiger partial charge is 0.411 e. The number of likely N-dealkylation sites (tertiary alicyclic amines) is 1. The van der Waals surface area contributed by atoms with Crippen molar-refractivity contribution in [1.82, 2.24) is 4.90 Å². The van der Waals surface area contributed by atoms with E-state index in [4.69, 9.17) is 15.2 Å². The van der Waals surface area contributed by atoms with Gasteiger partial charge in [0.25, 0.3) is 0 Å². The van der Waals surface area contributed by atoms with Gasteiger partial charge in [-0.05, 0) is 79.9 Å². The van der Waals surface area contributed by atoms with Crippen molar-refractivity contribution in [2.24, 2.45) is 11.7 Å². The van der Waals surface area contributed by atoms with E-state index in [1.807, 2.05) is 0 Å². The van der Waals surface area contributed by atoms with E-state index in [0.29, 0.717) is 22.7 Å². The summed E-state index contributed by atoms with van der Waals surface area (Å²) in [6.45, 7) is 2.94. The molecule has 5 N–H and O–H groups in total. The summed E-state index contributed by atoms with van der Waals surface area (Å²) in [7, 11) is 0.0412. The molecule has 0 spiro atoms. The van der Waals surface area contributed by atoms with E-state index >= 15 is 0 Å². The standard InChI is InChI=1S/C33H38N4O10S/c1-18(2)48(43,44)27-12-10-22(36-33(42)47-5)17-24(27)29-23(32(40)41)13-14-37(29)31(39)28(19-9-11-25(45-3)26(16-19)46-4)35-21-8-6-7-20(15-21)30(34)38/h6-12,15-18,23,28-29,35H,13-14H2,1-5H3,(H2,34,38)(H,36,42)(H,40,41)/t23-,28+,29+/m0/s1. The minimum atomic E-state index is -4.01. The maximum absolute atomic E-state index is 14.7. The lowest BCUT2D eigenvalue weighted by atomic mass is 9.92. The number of benzene rings is 3. The van der Waals surface area contributed by atoms with Crippen molar-refractivity contribution in [3.05, 3.63) is 77.4 Å². The maximum atomic E-state index is 14.7. The topological polar surface area (TPSA) is 204 Å². The molecule has 3 aromatic carbocycles. The second-order valence-corrected chi connectivity index (χ2v) is 13.8. The van der Waals surface area contributed by atoms with Gasteiger partial charge in [-0.1, -0.05) is 12.1 Å². The number of nitrogens with two attached hydrogens (primary N) is 1. The molecule has 1 aliphatic rings. The third-order valence-corrected chi connectivity index (χ3v) is 10.4. The molecular formula is C33H38N4O10S. The van der Waals surface area contributed by atoms with Gasteiger partial charge in [0, 0.05) is 23.5 Å². The number of carboxylic acid groups (broad SMARTS) is 1. The van der Waals surface area contributed by atoms with Crippen LogP contribution in [0.15, 0.2) is 65.6 Å². The van der Waals surface area contributed by atoms with Crippen LogP contribution in [0, 0.1) is 5.92 Å². The Balaban J connectivity index is 1.92. The first-order valence-electron chi connectivity index (χ1n) is 14.9. The van der Waals surface area contributed by atoms with Crippen LogP contribution in [0.5, 0.6) is 11.5 Å². The van der Waals surface area contributed by atoms with Gasteiger partial charge >= 0.3 is 12.1 Å². The van der Waals surface area contributed by atoms with Crippen molar-refractivity contribution >= 4 is 45.1 Å². The Morgan fingerprint density at radius 3 is 2.25 bits per heavy atom. The highest BCUT2D eigenvalue weighted by Crippen LogP contribution is 2.44. The number of rotatable bonds is 12. The number of nitrogens with one attached hydrogen (secondary N) is 2. The van der Waals surface area contributed by atoms with Crippen LogP contribution in [-0.2, 0) is 24.2 Å². The van der Waals surface area contributed by atoms with Gasteiger partial charge < -0.3 is 35.3 Å². The lowest BCUT2D eigenvalue weighted by Crippen LogP contribution is -2.40. The molecule has 0 unspecified atom stereocenters. The van der Waals surface area contributed by atoms with Crippen molar-refractivity contribution in [3.8, 4) is 11.5 Å². The number of carboxylic acids is 1. The molecule has 1 heterocycles. The average molecular weight is 683 g/mol. The Morgan fingerprint density at radius 1 is 0.938 bits per heavy atom. The third-order valence-electron chi connectivity index (χ3n) is 8.13. The Hall–Kier alpha value is -5.31. The number of ether oxygens (including phenoxy) is 3. The highest BCUT2D eigenvalue weighted by atomic mass is 32.2. The van der Waals surface area contributed by atoms with Gasteiger partial charge in [0.2, 0.25) is 11.8 Å². The minimum Gasteiger partial charge on any atom is -0.493 e. The van der Waals surface area contributed by atoms with Gasteiger partial charge in [-0.3, -0.25) is 19.7 Å². The molecule has 1 saturated heterocycles. The van der Waals surface area contributed by atoms with Gasteiger partial charge in [0.05, 0.1) is 43.4 Å². The Bertz CT molecular complexity index is 1830. The fourth-order valence-corrected chi connectivity index (χ4v) is 6.91. The molecule has 0 radical (unpaired) electrons. The van der Waals surface area contributed by atoms with E-state index in [1.165, 1.54) is 63.3 Å². The molecule has 48 heavy (non-hydrogen) atoms. The zero-order valence-corrected chi connectivity index (χ0v) is 27.9. The summed E-state index contributed by atoms with van der Waals surface area (Å²) in [6.07, 6.45) is -0.817. The summed E-state index contributed by atoms with van der Waals surface area (Å²) in [5, 5.41) is 15.1. The van der Waals surface area contributed by atoms with Crippen LogP contribution in [0.1, 0.15) is 53.8 Å². The van der Waals surface area contributed by atoms with Gasteiger partial charge in [-0.15, -0.1) is 0 Å². The van der Waals surface area contributed by atoms with E-state index in [-0.39, 0.29) is 34.7 Å². The largest absolute Gasteiger partial charge is 0.493 e. The van der Waals surface area contributed by atoms with Gasteiger partial charge in [0.15, 0.2) is 21.3 Å². The molecule has 0 aliphatic carbocycles. The maximum Gasteiger partial charge on any atom is 0.411 e. The number of hydrogen-bond acceptors (Lipinski definition) is 10. The number of hydrogen-bond donors (Lipinski definition) is 4. The second kappa shape index (κ2) is 14.6. The van der Waals surface area contributed by atoms with Crippen LogP contribution < -0.4 is 25.8 Å². The van der Waals surface area contributed by atoms with Crippen LogP contribution in [-0.4, -0.2) is 75.4 Å². The molecule has 1 aliphatic heterocycles. The molecule has 256 valence electrons. The van der Waals surface area contributed by atoms with Gasteiger partial charge in [0.1, 0.15) is 6.04 Å². The van der Waals surface area contributed by atoms with E-state index in [1.54, 1.807) is 30.3 Å². The van der Waals surface area contributed by atoms with Crippen LogP contribution in [0.2, 0.25) is 0 Å². The molecule has 3 aromatic rings. The molecule has 0 aromatic heterocycles. The predicted molar refractivity (Wildman–Crippen MR) is 176 cm³/mol. The highest BCUT2D eigenvalue weighted by molar-refractivity contribution is 7.92. The molecule has 0 bridgehead atoms. The predicted octanol–water partition coefficient (Wildman–Crippen LogP) is 3.99. The van der Waals surface area contributed by atoms with E-state index in [0.717, 1.165) is 7.11 Å². The van der Waals surface area contributed by atoms with Crippen molar-refractivity contribution in [1.29, 1.82) is 0 Å². The quantitative estimate of drug-likeness (QED) is 0.215.